The Morgan fingerprint density at radius 2 is 0.921 bits per heavy atom. The van der Waals surface area contributed by atoms with Crippen molar-refractivity contribution in [3.63, 3.8) is 0 Å². The number of amides is 1. The zero-order valence-corrected chi connectivity index (χ0v) is 43.0. The monoisotopic (exact) mass is 908 g/mol. The number of rotatable bonds is 48. The maximum atomic E-state index is 12.9. The Labute approximate surface area is 390 Å². The van der Waals surface area contributed by atoms with Gasteiger partial charge in [0.25, 0.3) is 0 Å². The molecule has 0 saturated carbocycles. The molecule has 8 nitrogen and oxygen atoms in total. The molecule has 0 aromatic heterocycles. The SMILES string of the molecule is CCCCC/C=C\C/C=C\CCCCCCCCCC(=O)NC(COP(=O)(O)OCC[N+](C)(C)C)C(O)/C=C/CC/C=C/CCCCCCCCCCCCCCCCCCCC. The van der Waals surface area contributed by atoms with Crippen LogP contribution in [0.1, 0.15) is 239 Å². The highest BCUT2D eigenvalue weighted by Crippen LogP contribution is 2.43. The summed E-state index contributed by atoms with van der Waals surface area (Å²) in [7, 11) is 1.55. The van der Waals surface area contributed by atoms with E-state index in [1.54, 1.807) is 6.08 Å². The first-order chi connectivity index (χ1) is 30.5. The largest absolute Gasteiger partial charge is 0.472 e. The maximum Gasteiger partial charge on any atom is 0.472 e. The molecule has 0 aliphatic heterocycles. The Hall–Kier alpha value is -1.54. The van der Waals surface area contributed by atoms with Gasteiger partial charge in [-0.25, -0.2) is 4.57 Å². The molecule has 0 fully saturated rings. The topological polar surface area (TPSA) is 105 Å². The zero-order chi connectivity index (χ0) is 46.4. The van der Waals surface area contributed by atoms with Crippen LogP contribution in [0.3, 0.4) is 0 Å². The number of nitrogens with one attached hydrogen (secondary N) is 1. The number of unbranched alkanes of at least 4 members (excludes halogenated alkanes) is 29. The van der Waals surface area contributed by atoms with Crippen molar-refractivity contribution in [2.24, 2.45) is 0 Å². The van der Waals surface area contributed by atoms with Crippen LogP contribution in [0.2, 0.25) is 0 Å². The van der Waals surface area contributed by atoms with Gasteiger partial charge in [0.15, 0.2) is 0 Å². The highest BCUT2D eigenvalue weighted by molar-refractivity contribution is 7.47. The molecule has 0 aliphatic carbocycles. The second kappa shape index (κ2) is 45.6. The Kier molecular flexibility index (Phi) is 44.5. The summed E-state index contributed by atoms with van der Waals surface area (Å²) in [5, 5.41) is 13.9. The van der Waals surface area contributed by atoms with Crippen LogP contribution in [0.4, 0.5) is 0 Å². The molecule has 0 aromatic carbocycles. The van der Waals surface area contributed by atoms with Crippen molar-refractivity contribution in [2.75, 3.05) is 40.9 Å². The van der Waals surface area contributed by atoms with Crippen LogP contribution in [0.5, 0.6) is 0 Å². The van der Waals surface area contributed by atoms with Crippen LogP contribution in [0.25, 0.3) is 0 Å². The Morgan fingerprint density at radius 3 is 1.40 bits per heavy atom. The van der Waals surface area contributed by atoms with Gasteiger partial charge in [-0.3, -0.25) is 13.8 Å². The Morgan fingerprint density at radius 1 is 0.540 bits per heavy atom. The number of phosphoric acid groups is 1. The lowest BCUT2D eigenvalue weighted by Crippen LogP contribution is -2.45. The minimum absolute atomic E-state index is 0.0536. The summed E-state index contributed by atoms with van der Waals surface area (Å²) in [5.74, 6) is -0.195. The predicted molar refractivity (Wildman–Crippen MR) is 272 cm³/mol. The standard InChI is InChI=1S/C54H103N2O6P/c1-6-8-10-12-14-16-18-20-22-24-25-26-27-28-29-30-32-33-35-37-39-41-43-45-47-53(57)52(51-62-63(59,60)61-50-49-56(3,4)5)55-54(58)48-46-44-42-40-38-36-34-31-23-21-19-17-15-13-11-9-7-2/h15,17,21,23,37,39,45,47,52-53,57H,6-14,16,18-20,22,24-36,38,40-44,46,48-51H2,1-5H3,(H-,55,58,59,60)/p+1/b17-15-,23-21-,39-37+,47-45+. The minimum Gasteiger partial charge on any atom is -0.387 e. The summed E-state index contributed by atoms with van der Waals surface area (Å²) in [6.45, 7) is 4.78. The van der Waals surface area contributed by atoms with Crippen LogP contribution < -0.4 is 5.32 Å². The maximum absolute atomic E-state index is 12.9. The smallest absolute Gasteiger partial charge is 0.387 e. The van der Waals surface area contributed by atoms with E-state index in [9.17, 15) is 19.4 Å². The number of hydrogen-bond donors (Lipinski definition) is 3. The summed E-state index contributed by atoms with van der Waals surface area (Å²) in [6.07, 6.45) is 59.2. The molecule has 0 spiro atoms. The third-order valence-corrected chi connectivity index (χ3v) is 12.8. The van der Waals surface area contributed by atoms with Crippen molar-refractivity contribution in [3.05, 3.63) is 48.6 Å². The molecule has 0 rings (SSSR count). The number of nitrogens with zero attached hydrogens (tertiary/aromatic N) is 1. The molecule has 3 unspecified atom stereocenters. The number of phosphoric ester groups is 1. The number of aliphatic hydroxyl groups is 1. The van der Waals surface area contributed by atoms with E-state index >= 15 is 0 Å². The van der Waals surface area contributed by atoms with E-state index in [1.165, 1.54) is 167 Å². The quantitative estimate of drug-likeness (QED) is 0.0243. The number of aliphatic hydroxyl groups excluding tert-OH is 1. The van der Waals surface area contributed by atoms with Crippen LogP contribution >= 0.6 is 7.82 Å². The second-order valence-electron chi connectivity index (χ2n) is 19.2. The van der Waals surface area contributed by atoms with E-state index in [0.29, 0.717) is 17.4 Å². The molecule has 0 heterocycles. The van der Waals surface area contributed by atoms with Crippen molar-refractivity contribution >= 4 is 13.7 Å². The van der Waals surface area contributed by atoms with E-state index in [-0.39, 0.29) is 19.1 Å². The number of likely N-dealkylation sites (N-methyl/N-ethyl adjacent to an activating group) is 1. The number of carbonyl (C=O) groups is 1. The van der Waals surface area contributed by atoms with Gasteiger partial charge in [0.05, 0.1) is 39.9 Å². The van der Waals surface area contributed by atoms with Gasteiger partial charge in [0, 0.05) is 6.42 Å². The van der Waals surface area contributed by atoms with Crippen molar-refractivity contribution in [1.82, 2.24) is 5.32 Å². The molecular formula is C54H104N2O6P+. The van der Waals surface area contributed by atoms with E-state index in [2.05, 4.69) is 55.6 Å². The van der Waals surface area contributed by atoms with Crippen molar-refractivity contribution in [2.45, 2.75) is 251 Å². The number of quaternary nitrogens is 1. The molecule has 0 bridgehead atoms. The van der Waals surface area contributed by atoms with Crippen molar-refractivity contribution in [3.8, 4) is 0 Å². The first-order valence-electron chi connectivity index (χ1n) is 26.5. The van der Waals surface area contributed by atoms with Crippen molar-refractivity contribution in [1.29, 1.82) is 0 Å². The third kappa shape index (κ3) is 48.2. The van der Waals surface area contributed by atoms with Gasteiger partial charge in [-0.15, -0.1) is 0 Å². The minimum atomic E-state index is -4.35. The number of hydrogen-bond acceptors (Lipinski definition) is 5. The van der Waals surface area contributed by atoms with Gasteiger partial charge in [0.2, 0.25) is 5.91 Å². The molecule has 1 amide bonds. The van der Waals surface area contributed by atoms with Crippen LogP contribution in [-0.4, -0.2) is 73.4 Å². The Bertz CT molecular complexity index is 1170. The number of allylic oxidation sites excluding steroid dienone is 7. The average molecular weight is 908 g/mol. The average Bonchev–Trinajstić information content (AvgIpc) is 3.24. The summed E-state index contributed by atoms with van der Waals surface area (Å²) in [6, 6.07) is -0.868. The van der Waals surface area contributed by atoms with Crippen LogP contribution in [0, 0.1) is 0 Å². The Balaban J connectivity index is 4.33. The van der Waals surface area contributed by atoms with Gasteiger partial charge in [-0.1, -0.05) is 217 Å². The molecule has 63 heavy (non-hydrogen) atoms. The van der Waals surface area contributed by atoms with Crippen molar-refractivity contribution < 1.29 is 32.9 Å². The lowest BCUT2D eigenvalue weighted by atomic mass is 10.0. The number of carbonyl (C=O) groups excluding carboxylic acids is 1. The normalized spacial score (nSPS) is 14.5. The van der Waals surface area contributed by atoms with Gasteiger partial charge in [0.1, 0.15) is 13.2 Å². The molecule has 3 atom stereocenters. The van der Waals surface area contributed by atoms with Gasteiger partial charge in [-0.05, 0) is 64.2 Å². The molecule has 0 aromatic rings. The summed E-state index contributed by atoms with van der Waals surface area (Å²) < 4.78 is 23.6. The predicted octanol–water partition coefficient (Wildman–Crippen LogP) is 15.6. The molecule has 3 N–H and O–H groups in total. The lowest BCUT2D eigenvalue weighted by molar-refractivity contribution is -0.870. The third-order valence-electron chi connectivity index (χ3n) is 11.8. The molecule has 0 saturated heterocycles. The van der Waals surface area contributed by atoms with E-state index in [0.717, 1.165) is 51.4 Å². The molecule has 0 aliphatic rings. The van der Waals surface area contributed by atoms with E-state index < -0.39 is 20.0 Å². The first kappa shape index (κ1) is 61.5. The van der Waals surface area contributed by atoms with Gasteiger partial charge >= 0.3 is 7.82 Å². The molecule has 9 heteroatoms. The fraction of sp³-hybridized carbons (Fsp3) is 0.833. The molecule has 370 valence electrons. The van der Waals surface area contributed by atoms with Crippen LogP contribution in [0.15, 0.2) is 48.6 Å². The summed E-state index contributed by atoms with van der Waals surface area (Å²) >= 11 is 0. The zero-order valence-electron chi connectivity index (χ0n) is 42.1. The fourth-order valence-electron chi connectivity index (χ4n) is 7.56. The van der Waals surface area contributed by atoms with Gasteiger partial charge in [-0.2, -0.15) is 0 Å². The second-order valence-corrected chi connectivity index (χ2v) is 20.7. The highest BCUT2D eigenvalue weighted by Gasteiger charge is 2.27. The first-order valence-corrected chi connectivity index (χ1v) is 28.0. The fourth-order valence-corrected chi connectivity index (χ4v) is 8.29. The highest BCUT2D eigenvalue weighted by atomic mass is 31.2. The summed E-state index contributed by atoms with van der Waals surface area (Å²) in [4.78, 5) is 23.2. The van der Waals surface area contributed by atoms with Gasteiger partial charge < -0.3 is 19.8 Å². The van der Waals surface area contributed by atoms with Crippen LogP contribution in [-0.2, 0) is 18.4 Å². The lowest BCUT2D eigenvalue weighted by Gasteiger charge is -2.25. The molecule has 0 radical (unpaired) electrons. The summed E-state index contributed by atoms with van der Waals surface area (Å²) in [5.41, 5.74) is 0. The van der Waals surface area contributed by atoms with E-state index in [1.807, 2.05) is 27.2 Å². The van der Waals surface area contributed by atoms with E-state index in [4.69, 9.17) is 9.05 Å². The molecular weight excluding hydrogens is 804 g/mol.